The van der Waals surface area contributed by atoms with Crippen molar-refractivity contribution in [2.45, 2.75) is 13.0 Å². The van der Waals surface area contributed by atoms with Crippen LogP contribution in [0.2, 0.25) is 5.02 Å². The van der Waals surface area contributed by atoms with E-state index in [-0.39, 0.29) is 24.5 Å². The maximum Gasteiger partial charge on any atom is 0.295 e. The monoisotopic (exact) mass is 385 g/mol. The van der Waals surface area contributed by atoms with E-state index in [1.807, 2.05) is 19.1 Å². The van der Waals surface area contributed by atoms with Gasteiger partial charge in [-0.1, -0.05) is 53.6 Å². The number of benzene rings is 2. The van der Waals surface area contributed by atoms with Gasteiger partial charge in [0.2, 0.25) is 0 Å². The zero-order valence-corrected chi connectivity index (χ0v) is 15.9. The Labute approximate surface area is 162 Å². The van der Waals surface area contributed by atoms with Crippen LogP contribution in [0.5, 0.6) is 0 Å². The number of carbonyl (C=O) groups is 2. The Morgan fingerprint density at radius 2 is 1.89 bits per heavy atom. The second-order valence-corrected chi connectivity index (χ2v) is 6.84. The summed E-state index contributed by atoms with van der Waals surface area (Å²) in [6, 6.07) is 13.3. The highest BCUT2D eigenvalue weighted by Gasteiger charge is 2.45. The molecule has 0 aliphatic carbocycles. The van der Waals surface area contributed by atoms with Crippen LogP contribution in [0.25, 0.3) is 5.76 Å². The first kappa shape index (κ1) is 19.1. The molecular weight excluding hydrogens is 366 g/mol. The topological polar surface area (TPSA) is 66.8 Å². The van der Waals surface area contributed by atoms with Gasteiger partial charge >= 0.3 is 0 Å². The van der Waals surface area contributed by atoms with Crippen molar-refractivity contribution in [3.05, 3.63) is 75.8 Å². The van der Waals surface area contributed by atoms with Crippen LogP contribution < -0.4 is 0 Å². The summed E-state index contributed by atoms with van der Waals surface area (Å²) >= 11 is 6.12. The molecule has 0 bridgehead atoms. The van der Waals surface area contributed by atoms with Crippen molar-refractivity contribution in [1.29, 1.82) is 0 Å². The first-order chi connectivity index (χ1) is 12.9. The molecule has 1 aliphatic rings. The normalized spacial score (nSPS) is 18.9. The molecule has 5 nitrogen and oxygen atoms in total. The van der Waals surface area contributed by atoms with Crippen molar-refractivity contribution in [3.63, 3.8) is 0 Å². The molecule has 0 radical (unpaired) electrons. The SMILES string of the molecule is COCCN1C(=O)C(=O)C(=C(O)c2ccc(C)cc2)[C@H]1c1cccc(Cl)c1. The van der Waals surface area contributed by atoms with Crippen molar-refractivity contribution in [2.24, 2.45) is 0 Å². The Morgan fingerprint density at radius 3 is 2.52 bits per heavy atom. The number of likely N-dealkylation sites (tertiary alicyclic amines) is 1. The molecule has 0 aromatic heterocycles. The van der Waals surface area contributed by atoms with Crippen LogP contribution in [0.3, 0.4) is 0 Å². The molecule has 0 saturated carbocycles. The lowest BCUT2D eigenvalue weighted by atomic mass is 9.95. The largest absolute Gasteiger partial charge is 0.507 e. The zero-order chi connectivity index (χ0) is 19.6. The van der Waals surface area contributed by atoms with Crippen molar-refractivity contribution < 1.29 is 19.4 Å². The smallest absolute Gasteiger partial charge is 0.295 e. The molecule has 27 heavy (non-hydrogen) atoms. The number of ketones is 1. The molecule has 3 rings (SSSR count). The Kier molecular flexibility index (Phi) is 5.63. The second kappa shape index (κ2) is 7.94. The van der Waals surface area contributed by atoms with Gasteiger partial charge in [0, 0.05) is 24.2 Å². The number of hydrogen-bond acceptors (Lipinski definition) is 4. The maximum atomic E-state index is 12.7. The number of carbonyl (C=O) groups excluding carboxylic acids is 2. The van der Waals surface area contributed by atoms with E-state index in [1.54, 1.807) is 36.4 Å². The number of nitrogens with zero attached hydrogens (tertiary/aromatic N) is 1. The molecule has 1 N–H and O–H groups in total. The van der Waals surface area contributed by atoms with Gasteiger partial charge in [-0.3, -0.25) is 9.59 Å². The maximum absolute atomic E-state index is 12.7. The minimum atomic E-state index is -0.722. The van der Waals surface area contributed by atoms with Crippen LogP contribution in [-0.4, -0.2) is 42.0 Å². The number of aliphatic hydroxyl groups excluding tert-OH is 1. The van der Waals surface area contributed by atoms with E-state index in [4.69, 9.17) is 16.3 Å². The van der Waals surface area contributed by atoms with Gasteiger partial charge in [-0.2, -0.15) is 0 Å². The van der Waals surface area contributed by atoms with Crippen LogP contribution in [0.4, 0.5) is 0 Å². The zero-order valence-electron chi connectivity index (χ0n) is 15.1. The summed E-state index contributed by atoms with van der Waals surface area (Å²) in [5, 5.41) is 11.3. The summed E-state index contributed by atoms with van der Waals surface area (Å²) in [6.07, 6.45) is 0. The Hall–Kier alpha value is -2.63. The van der Waals surface area contributed by atoms with Gasteiger partial charge in [-0.05, 0) is 24.6 Å². The highest BCUT2D eigenvalue weighted by Crippen LogP contribution is 2.39. The van der Waals surface area contributed by atoms with E-state index in [0.717, 1.165) is 5.56 Å². The standard InChI is InChI=1S/C21H20ClNO4/c1-13-6-8-14(9-7-13)19(24)17-18(15-4-3-5-16(22)12-15)23(10-11-27-2)21(26)20(17)25/h3-9,12,18,24H,10-11H2,1-2H3/t18-/m1/s1. The summed E-state index contributed by atoms with van der Waals surface area (Å²) in [5.74, 6) is -1.57. The number of Topliss-reactive ketones (excluding diaryl/α,β-unsaturated/α-hetero) is 1. The van der Waals surface area contributed by atoms with Crippen LogP contribution in [0.15, 0.2) is 54.1 Å². The molecule has 1 heterocycles. The first-order valence-electron chi connectivity index (χ1n) is 8.54. The average molecular weight is 386 g/mol. The third-order valence-corrected chi connectivity index (χ3v) is 4.80. The lowest BCUT2D eigenvalue weighted by Gasteiger charge is -2.25. The predicted molar refractivity (Wildman–Crippen MR) is 104 cm³/mol. The molecule has 6 heteroatoms. The Balaban J connectivity index is 2.16. The number of amides is 1. The van der Waals surface area contributed by atoms with E-state index in [2.05, 4.69) is 0 Å². The molecular formula is C21H20ClNO4. The molecule has 2 aromatic rings. The first-order valence-corrected chi connectivity index (χ1v) is 8.91. The third-order valence-electron chi connectivity index (χ3n) is 4.57. The summed E-state index contributed by atoms with van der Waals surface area (Å²) in [6.45, 7) is 2.43. The van der Waals surface area contributed by atoms with Crippen LogP contribution in [-0.2, 0) is 14.3 Å². The van der Waals surface area contributed by atoms with E-state index >= 15 is 0 Å². The molecule has 1 saturated heterocycles. The van der Waals surface area contributed by atoms with Crippen LogP contribution in [0.1, 0.15) is 22.7 Å². The fraction of sp³-hybridized carbons (Fsp3) is 0.238. The van der Waals surface area contributed by atoms with Gasteiger partial charge in [-0.25, -0.2) is 0 Å². The fourth-order valence-electron chi connectivity index (χ4n) is 3.19. The quantitative estimate of drug-likeness (QED) is 0.484. The van der Waals surface area contributed by atoms with Crippen LogP contribution in [0, 0.1) is 6.92 Å². The second-order valence-electron chi connectivity index (χ2n) is 6.41. The Bertz CT molecular complexity index is 905. The van der Waals surface area contributed by atoms with E-state index < -0.39 is 17.7 Å². The number of rotatable bonds is 5. The van der Waals surface area contributed by atoms with E-state index in [0.29, 0.717) is 16.1 Å². The predicted octanol–water partition coefficient (Wildman–Crippen LogP) is 3.72. The molecule has 1 fully saturated rings. The number of aryl methyl sites for hydroxylation is 1. The molecule has 140 valence electrons. The van der Waals surface area contributed by atoms with Crippen molar-refractivity contribution in [2.75, 3.05) is 20.3 Å². The van der Waals surface area contributed by atoms with Gasteiger partial charge in [0.25, 0.3) is 11.7 Å². The van der Waals surface area contributed by atoms with E-state index in [1.165, 1.54) is 12.0 Å². The Morgan fingerprint density at radius 1 is 1.19 bits per heavy atom. The van der Waals surface area contributed by atoms with Gasteiger partial charge < -0.3 is 14.7 Å². The molecule has 1 amide bonds. The lowest BCUT2D eigenvalue weighted by molar-refractivity contribution is -0.140. The number of methoxy groups -OCH3 is 1. The van der Waals surface area contributed by atoms with Crippen molar-refractivity contribution in [1.82, 2.24) is 4.90 Å². The summed E-state index contributed by atoms with van der Waals surface area (Å²) in [7, 11) is 1.53. The fourth-order valence-corrected chi connectivity index (χ4v) is 3.39. The molecule has 0 unspecified atom stereocenters. The molecule has 1 aliphatic heterocycles. The number of halogens is 1. The van der Waals surface area contributed by atoms with Crippen LogP contribution >= 0.6 is 11.6 Å². The van der Waals surface area contributed by atoms with Crippen molar-refractivity contribution >= 4 is 29.1 Å². The number of ether oxygens (including phenoxy) is 1. The third kappa shape index (κ3) is 3.75. The van der Waals surface area contributed by atoms with Gasteiger partial charge in [-0.15, -0.1) is 0 Å². The lowest BCUT2D eigenvalue weighted by Crippen LogP contribution is -2.32. The summed E-state index contributed by atoms with van der Waals surface area (Å²) in [4.78, 5) is 26.8. The van der Waals surface area contributed by atoms with Crippen molar-refractivity contribution in [3.8, 4) is 0 Å². The molecule has 2 aromatic carbocycles. The van der Waals surface area contributed by atoms with Gasteiger partial charge in [0.05, 0.1) is 18.2 Å². The summed E-state index contributed by atoms with van der Waals surface area (Å²) < 4.78 is 5.08. The molecule has 0 spiro atoms. The average Bonchev–Trinajstić information content (AvgIpc) is 2.91. The number of aliphatic hydroxyl groups is 1. The minimum absolute atomic E-state index is 0.0576. The highest BCUT2D eigenvalue weighted by molar-refractivity contribution is 6.46. The van der Waals surface area contributed by atoms with Gasteiger partial charge in [0.1, 0.15) is 5.76 Å². The molecule has 1 atom stereocenters. The highest BCUT2D eigenvalue weighted by atomic mass is 35.5. The summed E-state index contributed by atoms with van der Waals surface area (Å²) in [5.41, 5.74) is 2.23. The minimum Gasteiger partial charge on any atom is -0.507 e. The van der Waals surface area contributed by atoms with Gasteiger partial charge in [0.15, 0.2) is 0 Å². The van der Waals surface area contributed by atoms with E-state index in [9.17, 15) is 14.7 Å². The number of hydrogen-bond donors (Lipinski definition) is 1.